The molecule has 0 N–H and O–H groups in total. The van der Waals surface area contributed by atoms with E-state index in [-0.39, 0.29) is 11.8 Å². The Morgan fingerprint density at radius 1 is 0.906 bits per heavy atom. The molecule has 2 amide bonds. The van der Waals surface area contributed by atoms with Gasteiger partial charge < -0.3 is 14.5 Å². The molecule has 1 aliphatic carbocycles. The Morgan fingerprint density at radius 2 is 1.59 bits per heavy atom. The molecule has 2 aromatic carbocycles. The van der Waals surface area contributed by atoms with Crippen molar-refractivity contribution in [3.05, 3.63) is 65.7 Å². The normalized spacial score (nSPS) is 17.9. The fraction of sp³-hybridized carbons (Fsp3) is 0.481. The zero-order valence-corrected chi connectivity index (χ0v) is 19.1. The molecular weight excluding hydrogens is 400 g/mol. The van der Waals surface area contributed by atoms with Gasteiger partial charge in [0.25, 0.3) is 0 Å². The Kier molecular flexibility index (Phi) is 7.13. The van der Waals surface area contributed by atoms with E-state index in [0.29, 0.717) is 32.6 Å². The van der Waals surface area contributed by atoms with E-state index in [1.165, 1.54) is 5.56 Å². The van der Waals surface area contributed by atoms with Crippen molar-refractivity contribution < 1.29 is 14.3 Å². The predicted molar refractivity (Wildman–Crippen MR) is 126 cm³/mol. The largest absolute Gasteiger partial charge is 0.497 e. The molecule has 1 saturated carbocycles. The quantitative estimate of drug-likeness (QED) is 0.656. The summed E-state index contributed by atoms with van der Waals surface area (Å²) in [5.41, 5.74) is 1.89. The van der Waals surface area contributed by atoms with Crippen molar-refractivity contribution in [3.63, 3.8) is 0 Å². The number of benzene rings is 2. The third-order valence-corrected chi connectivity index (χ3v) is 7.11. The maximum Gasteiger partial charge on any atom is 0.233 e. The molecule has 0 radical (unpaired) electrons. The summed E-state index contributed by atoms with van der Waals surface area (Å²) in [4.78, 5) is 30.3. The molecule has 1 saturated heterocycles. The lowest BCUT2D eigenvalue weighted by atomic mass is 9.77. The van der Waals surface area contributed by atoms with Gasteiger partial charge in [-0.15, -0.1) is 0 Å². The summed E-state index contributed by atoms with van der Waals surface area (Å²) in [6.45, 7) is 2.50. The van der Waals surface area contributed by atoms with E-state index < -0.39 is 5.41 Å². The van der Waals surface area contributed by atoms with Crippen LogP contribution < -0.4 is 4.74 Å². The molecule has 2 aliphatic rings. The Hall–Kier alpha value is -2.82. The topological polar surface area (TPSA) is 49.9 Å². The smallest absolute Gasteiger partial charge is 0.233 e. The van der Waals surface area contributed by atoms with Crippen molar-refractivity contribution in [3.8, 4) is 5.75 Å². The van der Waals surface area contributed by atoms with Crippen LogP contribution >= 0.6 is 0 Å². The first kappa shape index (κ1) is 22.4. The second-order valence-corrected chi connectivity index (χ2v) is 9.03. The first-order valence-corrected chi connectivity index (χ1v) is 11.9. The van der Waals surface area contributed by atoms with Crippen molar-refractivity contribution in [1.29, 1.82) is 0 Å². The van der Waals surface area contributed by atoms with Gasteiger partial charge in [0.05, 0.1) is 12.5 Å². The highest BCUT2D eigenvalue weighted by molar-refractivity contribution is 5.89. The van der Waals surface area contributed by atoms with Crippen LogP contribution in [0.5, 0.6) is 5.75 Å². The summed E-state index contributed by atoms with van der Waals surface area (Å²) < 4.78 is 5.42. The van der Waals surface area contributed by atoms with Gasteiger partial charge in [0.15, 0.2) is 0 Å². The van der Waals surface area contributed by atoms with Crippen LogP contribution in [0.2, 0.25) is 0 Å². The summed E-state index contributed by atoms with van der Waals surface area (Å²) in [5.74, 6) is 1.23. The van der Waals surface area contributed by atoms with Crippen molar-refractivity contribution in [2.24, 2.45) is 0 Å². The number of piperazine rings is 1. The number of hydrogen-bond donors (Lipinski definition) is 0. The molecule has 32 heavy (non-hydrogen) atoms. The predicted octanol–water partition coefficient (Wildman–Crippen LogP) is 4.20. The second-order valence-electron chi connectivity index (χ2n) is 9.03. The first-order valence-electron chi connectivity index (χ1n) is 11.9. The van der Waals surface area contributed by atoms with E-state index in [9.17, 15) is 9.59 Å². The molecule has 1 heterocycles. The minimum absolute atomic E-state index is 0.205. The average Bonchev–Trinajstić information content (AvgIpc) is 3.35. The number of aryl methyl sites for hydroxylation is 1. The molecule has 170 valence electrons. The third kappa shape index (κ3) is 4.82. The lowest BCUT2D eigenvalue weighted by Crippen LogP contribution is -2.55. The number of carbonyl (C=O) groups is 2. The van der Waals surface area contributed by atoms with Gasteiger partial charge in [-0.1, -0.05) is 55.3 Å². The van der Waals surface area contributed by atoms with Crippen molar-refractivity contribution in [1.82, 2.24) is 9.80 Å². The van der Waals surface area contributed by atoms with E-state index in [4.69, 9.17) is 4.74 Å². The molecular formula is C27H34N2O3. The molecule has 0 atom stereocenters. The Bertz CT molecular complexity index is 914. The lowest BCUT2D eigenvalue weighted by molar-refractivity contribution is -0.143. The number of ether oxygens (including phenoxy) is 1. The number of nitrogens with zero attached hydrogens (tertiary/aromatic N) is 2. The Morgan fingerprint density at radius 3 is 2.28 bits per heavy atom. The highest BCUT2D eigenvalue weighted by Gasteiger charge is 2.45. The third-order valence-electron chi connectivity index (χ3n) is 7.11. The van der Waals surface area contributed by atoms with Gasteiger partial charge in [-0.2, -0.15) is 0 Å². The second kappa shape index (κ2) is 10.2. The molecule has 1 aliphatic heterocycles. The highest BCUT2D eigenvalue weighted by atomic mass is 16.5. The molecule has 2 fully saturated rings. The summed E-state index contributed by atoms with van der Waals surface area (Å²) in [5, 5.41) is 0. The van der Waals surface area contributed by atoms with Crippen LogP contribution in [-0.2, 0) is 21.4 Å². The van der Waals surface area contributed by atoms with Gasteiger partial charge in [0.2, 0.25) is 11.8 Å². The van der Waals surface area contributed by atoms with E-state index in [0.717, 1.165) is 49.8 Å². The lowest BCUT2D eigenvalue weighted by Gasteiger charge is -2.40. The van der Waals surface area contributed by atoms with Crippen LogP contribution in [0.25, 0.3) is 0 Å². The van der Waals surface area contributed by atoms with Gasteiger partial charge in [0, 0.05) is 32.6 Å². The first-order chi connectivity index (χ1) is 15.6. The van der Waals surface area contributed by atoms with Crippen LogP contribution in [-0.4, -0.2) is 54.9 Å². The van der Waals surface area contributed by atoms with Gasteiger partial charge >= 0.3 is 0 Å². The van der Waals surface area contributed by atoms with Crippen LogP contribution in [0.1, 0.15) is 49.7 Å². The Balaban J connectivity index is 1.33. The maximum atomic E-state index is 13.7. The van der Waals surface area contributed by atoms with Crippen molar-refractivity contribution in [2.75, 3.05) is 33.3 Å². The fourth-order valence-electron chi connectivity index (χ4n) is 5.23. The molecule has 5 nitrogen and oxygen atoms in total. The molecule has 0 aromatic heterocycles. The monoisotopic (exact) mass is 434 g/mol. The van der Waals surface area contributed by atoms with Crippen molar-refractivity contribution in [2.45, 2.75) is 50.4 Å². The van der Waals surface area contributed by atoms with Crippen molar-refractivity contribution >= 4 is 11.8 Å². The number of hydrogen-bond acceptors (Lipinski definition) is 3. The van der Waals surface area contributed by atoms with Gasteiger partial charge in [0.1, 0.15) is 5.75 Å². The van der Waals surface area contributed by atoms with E-state index in [1.54, 1.807) is 7.11 Å². The van der Waals surface area contributed by atoms with Gasteiger partial charge in [-0.25, -0.2) is 0 Å². The molecule has 4 rings (SSSR count). The SMILES string of the molecule is COc1cccc(C2(C(=O)N3CCN(C(=O)CCCc4ccccc4)CC3)CCCC2)c1. The summed E-state index contributed by atoms with van der Waals surface area (Å²) in [6, 6.07) is 18.3. The summed E-state index contributed by atoms with van der Waals surface area (Å²) in [7, 11) is 1.67. The Labute approximate surface area is 191 Å². The van der Waals surface area contributed by atoms with E-state index in [2.05, 4.69) is 18.2 Å². The molecule has 0 unspecified atom stereocenters. The minimum Gasteiger partial charge on any atom is -0.497 e. The number of rotatable bonds is 7. The molecule has 2 aromatic rings. The molecule has 5 heteroatoms. The fourth-order valence-corrected chi connectivity index (χ4v) is 5.23. The van der Waals surface area contributed by atoms with Gasteiger partial charge in [-0.3, -0.25) is 9.59 Å². The molecule has 0 bridgehead atoms. The van der Waals surface area contributed by atoms with Crippen LogP contribution in [0.4, 0.5) is 0 Å². The van der Waals surface area contributed by atoms with Crippen LogP contribution in [0, 0.1) is 0 Å². The number of methoxy groups -OCH3 is 1. The van der Waals surface area contributed by atoms with Gasteiger partial charge in [-0.05, 0) is 48.9 Å². The summed E-state index contributed by atoms with van der Waals surface area (Å²) >= 11 is 0. The minimum atomic E-state index is -0.448. The molecule has 0 spiro atoms. The zero-order valence-electron chi connectivity index (χ0n) is 19.1. The standard InChI is InChI=1S/C27H34N2O3/c1-32-24-13-8-12-23(21-24)27(15-5-6-16-27)26(31)29-19-17-28(18-20-29)25(30)14-7-11-22-9-3-2-4-10-22/h2-4,8-10,12-13,21H,5-7,11,14-20H2,1H3. The van der Waals surface area contributed by atoms with Crippen LogP contribution in [0.3, 0.4) is 0 Å². The number of amides is 2. The zero-order chi connectivity index (χ0) is 22.4. The maximum absolute atomic E-state index is 13.7. The number of carbonyl (C=O) groups excluding carboxylic acids is 2. The highest BCUT2D eigenvalue weighted by Crippen LogP contribution is 2.43. The van der Waals surface area contributed by atoms with E-state index in [1.807, 2.05) is 46.2 Å². The summed E-state index contributed by atoms with van der Waals surface area (Å²) in [6.07, 6.45) is 6.27. The van der Waals surface area contributed by atoms with E-state index >= 15 is 0 Å². The van der Waals surface area contributed by atoms with Crippen LogP contribution in [0.15, 0.2) is 54.6 Å². The average molecular weight is 435 g/mol.